The fourth-order valence-electron chi connectivity index (χ4n) is 4.06. The predicted octanol–water partition coefficient (Wildman–Crippen LogP) is 3.48. The van der Waals surface area contributed by atoms with Gasteiger partial charge in [-0.15, -0.1) is 0 Å². The van der Waals surface area contributed by atoms with Crippen LogP contribution in [0.25, 0.3) is 10.4 Å². The van der Waals surface area contributed by atoms with E-state index < -0.39 is 42.5 Å². The highest BCUT2D eigenvalue weighted by atomic mass is 16.8. The molecular formula is C24H27N3O7. The molecular weight excluding hydrogens is 442 g/mol. The summed E-state index contributed by atoms with van der Waals surface area (Å²) in [6.45, 7) is 3.62. The third-order valence-corrected chi connectivity index (χ3v) is 5.65. The standard InChI is InChI=1S/C24H27N3O7/c1-24(2)33-21-20(30-13-17-11-7-6-10-16(17)12-26-27-25)19(32-23(21)34-24)18(28)14-31-22(29)15-8-4-3-5-9-15/h3-11,18-21,23,28H,12-14H2,1-2H3/t18-,19-,20+,21-,23-/m1/s1. The fraction of sp³-hybridized carbons (Fsp3) is 0.458. The number of ether oxygens (including phenoxy) is 5. The minimum Gasteiger partial charge on any atom is -0.459 e. The van der Waals surface area contributed by atoms with Crippen molar-refractivity contribution in [1.82, 2.24) is 0 Å². The van der Waals surface area contributed by atoms with E-state index in [0.717, 1.165) is 11.1 Å². The first-order valence-electron chi connectivity index (χ1n) is 11.0. The van der Waals surface area contributed by atoms with Gasteiger partial charge in [-0.1, -0.05) is 47.6 Å². The minimum atomic E-state index is -1.17. The molecule has 180 valence electrons. The maximum atomic E-state index is 12.3. The van der Waals surface area contributed by atoms with Crippen LogP contribution in [0.3, 0.4) is 0 Å². The summed E-state index contributed by atoms with van der Waals surface area (Å²) in [7, 11) is 0. The molecule has 1 N–H and O–H groups in total. The Morgan fingerprint density at radius 2 is 1.85 bits per heavy atom. The molecule has 2 fully saturated rings. The van der Waals surface area contributed by atoms with E-state index in [1.807, 2.05) is 24.3 Å². The molecule has 0 amide bonds. The SMILES string of the molecule is CC1(C)O[C@H]2O[C@H]([C@H](O)COC(=O)c3ccccc3)[C@H](OCc3ccccc3CN=[N+]=[N-])[C@H]2O1. The Labute approximate surface area is 197 Å². The van der Waals surface area contributed by atoms with Crippen molar-refractivity contribution in [2.75, 3.05) is 6.61 Å². The molecule has 2 aliphatic rings. The monoisotopic (exact) mass is 469 g/mol. The average molecular weight is 469 g/mol. The van der Waals surface area contributed by atoms with Gasteiger partial charge in [-0.2, -0.15) is 0 Å². The summed E-state index contributed by atoms with van der Waals surface area (Å²) in [6.07, 6.45) is -4.02. The van der Waals surface area contributed by atoms with Gasteiger partial charge in [0.25, 0.3) is 0 Å². The van der Waals surface area contributed by atoms with Crippen molar-refractivity contribution in [2.45, 2.75) is 63.5 Å². The number of aliphatic hydroxyl groups excluding tert-OH is 1. The molecule has 2 aromatic rings. The van der Waals surface area contributed by atoms with Crippen molar-refractivity contribution >= 4 is 5.97 Å². The van der Waals surface area contributed by atoms with Gasteiger partial charge in [0.1, 0.15) is 31.0 Å². The molecule has 0 spiro atoms. The van der Waals surface area contributed by atoms with Gasteiger partial charge in [0.15, 0.2) is 12.1 Å². The second-order valence-electron chi connectivity index (χ2n) is 8.53. The van der Waals surface area contributed by atoms with Gasteiger partial charge in [-0.3, -0.25) is 0 Å². The van der Waals surface area contributed by atoms with Crippen molar-refractivity contribution < 1.29 is 33.6 Å². The van der Waals surface area contributed by atoms with Crippen LogP contribution in [0.5, 0.6) is 0 Å². The molecule has 34 heavy (non-hydrogen) atoms. The number of esters is 1. The summed E-state index contributed by atoms with van der Waals surface area (Å²) in [5.41, 5.74) is 10.7. The molecule has 0 unspecified atom stereocenters. The molecule has 2 aromatic carbocycles. The molecule has 0 saturated carbocycles. The highest BCUT2D eigenvalue weighted by Crippen LogP contribution is 2.40. The molecule has 2 saturated heterocycles. The third-order valence-electron chi connectivity index (χ3n) is 5.65. The Bertz CT molecular complexity index is 1040. The van der Waals surface area contributed by atoms with E-state index in [1.54, 1.807) is 44.2 Å². The zero-order chi connectivity index (χ0) is 24.1. The fourth-order valence-corrected chi connectivity index (χ4v) is 4.06. The lowest BCUT2D eigenvalue weighted by molar-refractivity contribution is -0.232. The Balaban J connectivity index is 1.45. The predicted molar refractivity (Wildman–Crippen MR) is 119 cm³/mol. The van der Waals surface area contributed by atoms with E-state index >= 15 is 0 Å². The molecule has 10 heteroatoms. The number of benzene rings is 2. The zero-order valence-corrected chi connectivity index (χ0v) is 18.9. The van der Waals surface area contributed by atoms with E-state index in [0.29, 0.717) is 5.56 Å². The summed E-state index contributed by atoms with van der Waals surface area (Å²) >= 11 is 0. The van der Waals surface area contributed by atoms with Crippen molar-refractivity contribution in [1.29, 1.82) is 0 Å². The van der Waals surface area contributed by atoms with E-state index in [-0.39, 0.29) is 19.8 Å². The number of hydrogen-bond donors (Lipinski definition) is 1. The zero-order valence-electron chi connectivity index (χ0n) is 18.9. The number of azide groups is 1. The van der Waals surface area contributed by atoms with Gasteiger partial charge in [0, 0.05) is 4.91 Å². The van der Waals surface area contributed by atoms with Crippen LogP contribution in [-0.4, -0.2) is 54.2 Å². The molecule has 5 atom stereocenters. The molecule has 0 aliphatic carbocycles. The Morgan fingerprint density at radius 3 is 2.59 bits per heavy atom. The first-order chi connectivity index (χ1) is 16.4. The second-order valence-corrected chi connectivity index (χ2v) is 8.53. The first kappa shape index (κ1) is 24.2. The van der Waals surface area contributed by atoms with Crippen molar-refractivity contribution in [3.05, 3.63) is 81.7 Å². The van der Waals surface area contributed by atoms with Crippen LogP contribution in [0.1, 0.15) is 35.3 Å². The summed E-state index contributed by atoms with van der Waals surface area (Å²) in [6, 6.07) is 16.0. The molecule has 2 heterocycles. The van der Waals surface area contributed by atoms with Gasteiger partial charge in [-0.05, 0) is 42.6 Å². The van der Waals surface area contributed by atoms with Crippen LogP contribution in [0, 0.1) is 0 Å². The van der Waals surface area contributed by atoms with Crippen LogP contribution < -0.4 is 0 Å². The number of fused-ring (bicyclic) bond motifs is 1. The molecule has 10 nitrogen and oxygen atoms in total. The van der Waals surface area contributed by atoms with Gasteiger partial charge in [-0.25, -0.2) is 4.79 Å². The lowest BCUT2D eigenvalue weighted by Crippen LogP contribution is -2.44. The topological polar surface area (TPSA) is 132 Å². The summed E-state index contributed by atoms with van der Waals surface area (Å²) in [5.74, 6) is -1.41. The number of carbonyl (C=O) groups excluding carboxylic acids is 1. The molecule has 0 radical (unpaired) electrons. The van der Waals surface area contributed by atoms with Crippen molar-refractivity contribution in [3.8, 4) is 0 Å². The summed E-state index contributed by atoms with van der Waals surface area (Å²) in [4.78, 5) is 15.1. The Morgan fingerprint density at radius 1 is 1.15 bits per heavy atom. The van der Waals surface area contributed by atoms with Crippen LogP contribution in [0.4, 0.5) is 0 Å². The summed E-state index contributed by atoms with van der Waals surface area (Å²) < 4.78 is 29.2. The summed E-state index contributed by atoms with van der Waals surface area (Å²) in [5, 5.41) is 14.5. The molecule has 4 rings (SSSR count). The number of carbonyl (C=O) groups is 1. The molecule has 0 bridgehead atoms. The Hall–Kier alpha value is -2.98. The highest BCUT2D eigenvalue weighted by molar-refractivity contribution is 5.89. The van der Waals surface area contributed by atoms with Crippen LogP contribution in [-0.2, 0) is 36.8 Å². The number of rotatable bonds is 9. The van der Waals surface area contributed by atoms with Crippen LogP contribution in [0.2, 0.25) is 0 Å². The number of nitrogens with zero attached hydrogens (tertiary/aromatic N) is 3. The second kappa shape index (κ2) is 10.5. The normalized spacial score (nSPS) is 25.9. The lowest BCUT2D eigenvalue weighted by atomic mass is 10.0. The number of aliphatic hydroxyl groups is 1. The molecule has 0 aromatic heterocycles. The average Bonchev–Trinajstić information content (AvgIpc) is 3.32. The van der Waals surface area contributed by atoms with Gasteiger partial charge < -0.3 is 28.8 Å². The van der Waals surface area contributed by atoms with Gasteiger partial charge in [0.05, 0.1) is 18.7 Å². The van der Waals surface area contributed by atoms with E-state index in [1.165, 1.54) is 0 Å². The maximum Gasteiger partial charge on any atom is 0.338 e. The maximum absolute atomic E-state index is 12.3. The highest BCUT2D eigenvalue weighted by Gasteiger charge is 2.57. The smallest absolute Gasteiger partial charge is 0.338 e. The van der Waals surface area contributed by atoms with E-state index in [4.69, 9.17) is 29.2 Å². The van der Waals surface area contributed by atoms with Crippen molar-refractivity contribution in [2.24, 2.45) is 5.11 Å². The van der Waals surface area contributed by atoms with Gasteiger partial charge >= 0.3 is 5.97 Å². The largest absolute Gasteiger partial charge is 0.459 e. The third kappa shape index (κ3) is 5.56. The van der Waals surface area contributed by atoms with E-state index in [9.17, 15) is 9.90 Å². The number of hydrogen-bond acceptors (Lipinski definition) is 8. The van der Waals surface area contributed by atoms with Crippen LogP contribution in [0.15, 0.2) is 59.7 Å². The quantitative estimate of drug-likeness (QED) is 0.257. The first-order valence-corrected chi connectivity index (χ1v) is 11.0. The van der Waals surface area contributed by atoms with Crippen molar-refractivity contribution in [3.63, 3.8) is 0 Å². The Kier molecular flexibility index (Phi) is 7.47. The van der Waals surface area contributed by atoms with Crippen LogP contribution >= 0.6 is 0 Å². The molecule has 2 aliphatic heterocycles. The minimum absolute atomic E-state index is 0.172. The van der Waals surface area contributed by atoms with Gasteiger partial charge in [0.2, 0.25) is 0 Å². The lowest BCUT2D eigenvalue weighted by Gasteiger charge is -2.28. The van der Waals surface area contributed by atoms with E-state index in [2.05, 4.69) is 10.0 Å².